The number of aryl methyl sites for hydroxylation is 2. The zero-order chi connectivity index (χ0) is 16.8. The summed E-state index contributed by atoms with van der Waals surface area (Å²) in [4.78, 5) is 0. The average molecular weight is 351 g/mol. The van der Waals surface area contributed by atoms with Crippen LogP contribution in [-0.2, 0) is 0 Å². The van der Waals surface area contributed by atoms with Gasteiger partial charge in [-0.3, -0.25) is 10.9 Å². The molecular weight excluding hydrogens is 324 g/mol. The topological polar surface area (TPSA) is 48.1 Å². The van der Waals surface area contributed by atoms with Gasteiger partial charge in [0.2, 0.25) is 0 Å². The molecule has 0 heterocycles. The summed E-state index contributed by atoms with van der Waals surface area (Å²) in [5.41, 5.74) is 9.36. The average Bonchev–Trinajstić information content (AvgIpc) is 2.51. The Kier molecular flexibility index (Phi) is 6.59. The van der Waals surface area contributed by atoms with Crippen LogP contribution in [0.1, 0.15) is 43.7 Å². The molecule has 4 N–H and O–H groups in total. The maximum absolute atomic E-state index is 5.34. The Balaban J connectivity index is 1.75. The molecule has 1 fully saturated rings. The zero-order valence-electron chi connectivity index (χ0n) is 14.0. The third-order valence-corrected chi connectivity index (χ3v) is 4.91. The standard InChI is InChI=1S/C17H26N4S2/c1-11-8-9-14(10-13(11)3)18-16(22)20-21-17(23)19-15-7-5-4-6-12(15)2/h8-10,12,15H,4-7H2,1-3H3,(H2,18,20,22)(H2,19,21,23)/t12-,15+/m0/s1. The molecule has 0 aromatic heterocycles. The molecule has 23 heavy (non-hydrogen) atoms. The minimum atomic E-state index is 0.451. The molecule has 1 aromatic rings. The number of rotatable bonds is 2. The Bertz CT molecular complexity index is 574. The molecule has 1 saturated carbocycles. The monoisotopic (exact) mass is 350 g/mol. The second-order valence-electron chi connectivity index (χ2n) is 6.34. The molecule has 0 saturated heterocycles. The van der Waals surface area contributed by atoms with Gasteiger partial charge in [0.25, 0.3) is 0 Å². The Labute approximate surface area is 149 Å². The second kappa shape index (κ2) is 8.45. The summed E-state index contributed by atoms with van der Waals surface area (Å²) in [6.45, 7) is 6.45. The minimum Gasteiger partial charge on any atom is -0.358 e. The number of thiocarbonyl (C=S) groups is 2. The molecule has 1 aliphatic carbocycles. The third-order valence-electron chi connectivity index (χ3n) is 4.48. The smallest absolute Gasteiger partial charge is 0.189 e. The van der Waals surface area contributed by atoms with Crippen molar-refractivity contribution >= 4 is 40.3 Å². The number of hydrazine groups is 1. The van der Waals surface area contributed by atoms with Crippen molar-refractivity contribution in [2.75, 3.05) is 5.32 Å². The molecule has 1 aliphatic rings. The van der Waals surface area contributed by atoms with Crippen LogP contribution >= 0.6 is 24.4 Å². The largest absolute Gasteiger partial charge is 0.358 e. The van der Waals surface area contributed by atoms with Crippen LogP contribution in [0.5, 0.6) is 0 Å². The number of nitrogens with one attached hydrogen (secondary N) is 4. The molecule has 2 rings (SSSR count). The van der Waals surface area contributed by atoms with Crippen LogP contribution in [-0.4, -0.2) is 16.3 Å². The Hall–Kier alpha value is -1.40. The highest BCUT2D eigenvalue weighted by atomic mass is 32.1. The first-order chi connectivity index (χ1) is 11.0. The van der Waals surface area contributed by atoms with Crippen LogP contribution in [0.4, 0.5) is 5.69 Å². The minimum absolute atomic E-state index is 0.451. The van der Waals surface area contributed by atoms with E-state index in [1.807, 2.05) is 6.07 Å². The summed E-state index contributed by atoms with van der Waals surface area (Å²) < 4.78 is 0. The van der Waals surface area contributed by atoms with E-state index in [0.29, 0.717) is 22.2 Å². The van der Waals surface area contributed by atoms with Crippen molar-refractivity contribution in [3.05, 3.63) is 29.3 Å². The fourth-order valence-corrected chi connectivity index (χ4v) is 3.20. The molecule has 4 nitrogen and oxygen atoms in total. The van der Waals surface area contributed by atoms with E-state index in [1.54, 1.807) is 0 Å². The van der Waals surface area contributed by atoms with Crippen molar-refractivity contribution in [1.82, 2.24) is 16.2 Å². The molecule has 0 aliphatic heterocycles. The summed E-state index contributed by atoms with van der Waals surface area (Å²) >= 11 is 10.6. The SMILES string of the molecule is Cc1ccc(NC(=S)NNC(=S)N[C@@H]2CCCC[C@@H]2C)cc1C. The van der Waals surface area contributed by atoms with Gasteiger partial charge in [0.05, 0.1) is 0 Å². The summed E-state index contributed by atoms with van der Waals surface area (Å²) in [6, 6.07) is 6.61. The van der Waals surface area contributed by atoms with Crippen molar-refractivity contribution in [3.8, 4) is 0 Å². The molecule has 0 spiro atoms. The first kappa shape index (κ1) is 17.9. The molecule has 0 amide bonds. The first-order valence-corrected chi connectivity index (χ1v) is 8.98. The lowest BCUT2D eigenvalue weighted by molar-refractivity contribution is 0.308. The van der Waals surface area contributed by atoms with Crippen LogP contribution in [0, 0.1) is 19.8 Å². The van der Waals surface area contributed by atoms with E-state index in [9.17, 15) is 0 Å². The lowest BCUT2D eigenvalue weighted by Gasteiger charge is -2.30. The number of hydrogen-bond acceptors (Lipinski definition) is 2. The van der Waals surface area contributed by atoms with E-state index in [4.69, 9.17) is 24.4 Å². The second-order valence-corrected chi connectivity index (χ2v) is 7.16. The van der Waals surface area contributed by atoms with Crippen molar-refractivity contribution < 1.29 is 0 Å². The van der Waals surface area contributed by atoms with Gasteiger partial charge in [0.15, 0.2) is 10.2 Å². The van der Waals surface area contributed by atoms with E-state index in [1.165, 1.54) is 36.8 Å². The molecular formula is C17H26N4S2. The van der Waals surface area contributed by atoms with Gasteiger partial charge in [-0.1, -0.05) is 25.8 Å². The normalized spacial score (nSPS) is 20.5. The maximum atomic E-state index is 5.34. The van der Waals surface area contributed by atoms with Gasteiger partial charge >= 0.3 is 0 Å². The summed E-state index contributed by atoms with van der Waals surface area (Å²) in [7, 11) is 0. The van der Waals surface area contributed by atoms with Crippen molar-refractivity contribution in [1.29, 1.82) is 0 Å². The zero-order valence-corrected chi connectivity index (χ0v) is 15.7. The maximum Gasteiger partial charge on any atom is 0.189 e. The number of anilines is 1. The predicted octanol–water partition coefficient (Wildman–Crippen LogP) is 3.55. The molecule has 2 atom stereocenters. The van der Waals surface area contributed by atoms with Crippen LogP contribution in [0.25, 0.3) is 0 Å². The predicted molar refractivity (Wildman–Crippen MR) is 106 cm³/mol. The van der Waals surface area contributed by atoms with Gasteiger partial charge in [-0.05, 0) is 80.3 Å². The van der Waals surface area contributed by atoms with E-state index in [0.717, 1.165) is 5.69 Å². The van der Waals surface area contributed by atoms with Crippen LogP contribution < -0.4 is 21.5 Å². The molecule has 0 bridgehead atoms. The molecule has 0 unspecified atom stereocenters. The summed E-state index contributed by atoms with van der Waals surface area (Å²) in [6.07, 6.45) is 5.03. The van der Waals surface area contributed by atoms with E-state index < -0.39 is 0 Å². The van der Waals surface area contributed by atoms with Gasteiger partial charge in [-0.2, -0.15) is 0 Å². The highest BCUT2D eigenvalue weighted by Crippen LogP contribution is 2.23. The molecule has 126 valence electrons. The third kappa shape index (κ3) is 5.62. The Morgan fingerprint density at radius 2 is 1.70 bits per heavy atom. The number of hydrogen-bond donors (Lipinski definition) is 4. The van der Waals surface area contributed by atoms with Crippen LogP contribution in [0.3, 0.4) is 0 Å². The number of benzene rings is 1. The van der Waals surface area contributed by atoms with Crippen LogP contribution in [0.2, 0.25) is 0 Å². The fraction of sp³-hybridized carbons (Fsp3) is 0.529. The van der Waals surface area contributed by atoms with Gasteiger partial charge in [-0.25, -0.2) is 0 Å². The molecule has 1 aromatic carbocycles. The van der Waals surface area contributed by atoms with Gasteiger partial charge < -0.3 is 10.6 Å². The highest BCUT2D eigenvalue weighted by molar-refractivity contribution is 7.80. The van der Waals surface area contributed by atoms with Crippen molar-refractivity contribution in [2.24, 2.45) is 5.92 Å². The molecule has 0 radical (unpaired) electrons. The lowest BCUT2D eigenvalue weighted by Crippen LogP contribution is -2.52. The van der Waals surface area contributed by atoms with Gasteiger partial charge in [-0.15, -0.1) is 0 Å². The van der Waals surface area contributed by atoms with Gasteiger partial charge in [0.1, 0.15) is 0 Å². The summed E-state index contributed by atoms with van der Waals surface area (Å²) in [5.74, 6) is 0.657. The van der Waals surface area contributed by atoms with E-state index in [2.05, 4.69) is 54.4 Å². The Morgan fingerprint density at radius 1 is 1.00 bits per heavy atom. The van der Waals surface area contributed by atoms with E-state index in [-0.39, 0.29) is 0 Å². The highest BCUT2D eigenvalue weighted by Gasteiger charge is 2.21. The summed E-state index contributed by atoms with van der Waals surface area (Å²) in [5, 5.41) is 7.61. The lowest BCUT2D eigenvalue weighted by atomic mass is 9.86. The fourth-order valence-electron chi connectivity index (χ4n) is 2.83. The quantitative estimate of drug-likeness (QED) is 0.483. The van der Waals surface area contributed by atoms with Crippen molar-refractivity contribution in [2.45, 2.75) is 52.5 Å². The van der Waals surface area contributed by atoms with Crippen molar-refractivity contribution in [3.63, 3.8) is 0 Å². The molecule has 6 heteroatoms. The van der Waals surface area contributed by atoms with Gasteiger partial charge in [0, 0.05) is 11.7 Å². The van der Waals surface area contributed by atoms with Crippen LogP contribution in [0.15, 0.2) is 18.2 Å². The first-order valence-electron chi connectivity index (χ1n) is 8.16. The van der Waals surface area contributed by atoms with E-state index >= 15 is 0 Å². The Morgan fingerprint density at radius 3 is 2.39 bits per heavy atom.